The lowest BCUT2D eigenvalue weighted by molar-refractivity contribution is -0.141. The molecule has 0 aromatic carbocycles. The smallest absolute Gasteiger partial charge is 0.305 e. The lowest BCUT2D eigenvalue weighted by Crippen LogP contribution is -2.50. The molecule has 100 valence electrons. The number of nitrogens with zero attached hydrogens (tertiary/aromatic N) is 1. The Bertz CT molecular complexity index is 247. The first-order valence-electron chi connectivity index (χ1n) is 6.93. The van der Waals surface area contributed by atoms with Crippen LogP contribution in [0.5, 0.6) is 0 Å². The summed E-state index contributed by atoms with van der Waals surface area (Å²) >= 11 is 0. The summed E-state index contributed by atoms with van der Waals surface area (Å²) in [4.78, 5) is 13.4. The van der Waals surface area contributed by atoms with Crippen LogP contribution in [0, 0.1) is 5.92 Å². The SMILES string of the molecule is CCC(C)CN(C)C1(CC(=O)O)CCCCC1. The lowest BCUT2D eigenvalue weighted by Gasteiger charge is -2.45. The van der Waals surface area contributed by atoms with Gasteiger partial charge in [0.25, 0.3) is 0 Å². The van der Waals surface area contributed by atoms with E-state index >= 15 is 0 Å². The molecule has 1 atom stereocenters. The van der Waals surface area contributed by atoms with Gasteiger partial charge in [-0.05, 0) is 25.8 Å². The highest BCUT2D eigenvalue weighted by molar-refractivity contribution is 5.68. The fourth-order valence-electron chi connectivity index (χ4n) is 2.98. The van der Waals surface area contributed by atoms with Crippen molar-refractivity contribution >= 4 is 5.97 Å². The van der Waals surface area contributed by atoms with Crippen LogP contribution in [0.1, 0.15) is 58.8 Å². The van der Waals surface area contributed by atoms with Crippen molar-refractivity contribution in [3.05, 3.63) is 0 Å². The third-order valence-corrected chi connectivity index (χ3v) is 4.36. The van der Waals surface area contributed by atoms with E-state index in [1.54, 1.807) is 0 Å². The summed E-state index contributed by atoms with van der Waals surface area (Å²) in [6, 6.07) is 0. The van der Waals surface area contributed by atoms with Crippen molar-refractivity contribution < 1.29 is 9.90 Å². The van der Waals surface area contributed by atoms with E-state index in [0.717, 1.165) is 25.8 Å². The maximum atomic E-state index is 11.1. The number of hydrogen-bond donors (Lipinski definition) is 1. The highest BCUT2D eigenvalue weighted by Crippen LogP contribution is 2.36. The van der Waals surface area contributed by atoms with Gasteiger partial charge in [0.2, 0.25) is 0 Å². The Morgan fingerprint density at radius 1 is 1.35 bits per heavy atom. The maximum absolute atomic E-state index is 11.1. The van der Waals surface area contributed by atoms with Crippen LogP contribution in [-0.2, 0) is 4.79 Å². The zero-order valence-corrected chi connectivity index (χ0v) is 11.5. The fourth-order valence-corrected chi connectivity index (χ4v) is 2.98. The van der Waals surface area contributed by atoms with Crippen LogP contribution in [0.15, 0.2) is 0 Å². The van der Waals surface area contributed by atoms with Crippen LogP contribution in [0.3, 0.4) is 0 Å². The van der Waals surface area contributed by atoms with Gasteiger partial charge in [-0.3, -0.25) is 9.69 Å². The topological polar surface area (TPSA) is 40.5 Å². The van der Waals surface area contributed by atoms with Crippen molar-refractivity contribution in [3.8, 4) is 0 Å². The zero-order chi connectivity index (χ0) is 12.9. The summed E-state index contributed by atoms with van der Waals surface area (Å²) in [6.45, 7) is 5.46. The van der Waals surface area contributed by atoms with Crippen molar-refractivity contribution in [2.24, 2.45) is 5.92 Å². The predicted octanol–water partition coefficient (Wildman–Crippen LogP) is 3.14. The first kappa shape index (κ1) is 14.5. The molecule has 0 saturated heterocycles. The summed E-state index contributed by atoms with van der Waals surface area (Å²) in [5, 5.41) is 9.14. The minimum Gasteiger partial charge on any atom is -0.481 e. The van der Waals surface area contributed by atoms with Crippen molar-refractivity contribution in [1.29, 1.82) is 0 Å². The van der Waals surface area contributed by atoms with Crippen LogP contribution in [-0.4, -0.2) is 35.1 Å². The van der Waals surface area contributed by atoms with Crippen LogP contribution < -0.4 is 0 Å². The van der Waals surface area contributed by atoms with E-state index in [1.807, 2.05) is 0 Å². The first-order chi connectivity index (χ1) is 8.00. The predicted molar refractivity (Wildman–Crippen MR) is 70.2 cm³/mol. The van der Waals surface area contributed by atoms with Gasteiger partial charge >= 0.3 is 5.97 Å². The molecular weight excluding hydrogens is 214 g/mol. The molecule has 3 nitrogen and oxygen atoms in total. The second-order valence-electron chi connectivity index (χ2n) is 5.75. The Morgan fingerprint density at radius 2 is 1.94 bits per heavy atom. The second-order valence-corrected chi connectivity index (χ2v) is 5.75. The molecule has 0 bridgehead atoms. The average molecular weight is 241 g/mol. The van der Waals surface area contributed by atoms with E-state index in [4.69, 9.17) is 5.11 Å². The number of hydrogen-bond acceptors (Lipinski definition) is 2. The van der Waals surface area contributed by atoms with Gasteiger partial charge in [-0.15, -0.1) is 0 Å². The number of carboxylic acid groups (broad SMARTS) is 1. The quantitative estimate of drug-likeness (QED) is 0.776. The van der Waals surface area contributed by atoms with Crippen molar-refractivity contribution in [3.63, 3.8) is 0 Å². The standard InChI is InChI=1S/C14H27NO2/c1-4-12(2)11-15(3)14(10-13(16)17)8-6-5-7-9-14/h12H,4-11H2,1-3H3,(H,16,17). The van der Waals surface area contributed by atoms with Gasteiger partial charge in [0.05, 0.1) is 6.42 Å². The molecular formula is C14H27NO2. The van der Waals surface area contributed by atoms with Crippen LogP contribution in [0.25, 0.3) is 0 Å². The molecule has 1 aliphatic carbocycles. The zero-order valence-electron chi connectivity index (χ0n) is 11.5. The minimum absolute atomic E-state index is 0.0759. The van der Waals surface area contributed by atoms with E-state index < -0.39 is 5.97 Å². The molecule has 0 aromatic heterocycles. The largest absolute Gasteiger partial charge is 0.481 e. The van der Waals surface area contributed by atoms with Gasteiger partial charge in [-0.1, -0.05) is 39.5 Å². The Hall–Kier alpha value is -0.570. The molecule has 1 rings (SSSR count). The number of rotatable bonds is 6. The van der Waals surface area contributed by atoms with E-state index in [1.165, 1.54) is 19.3 Å². The van der Waals surface area contributed by atoms with E-state index in [2.05, 4.69) is 25.8 Å². The molecule has 0 aliphatic heterocycles. The summed E-state index contributed by atoms with van der Waals surface area (Å²) in [5.41, 5.74) is -0.0759. The number of aliphatic carboxylic acids is 1. The van der Waals surface area contributed by atoms with Crippen LogP contribution in [0.4, 0.5) is 0 Å². The Labute approximate surface area is 105 Å². The molecule has 0 amide bonds. The van der Waals surface area contributed by atoms with Crippen LogP contribution >= 0.6 is 0 Å². The Morgan fingerprint density at radius 3 is 2.41 bits per heavy atom. The van der Waals surface area contributed by atoms with Gasteiger partial charge in [-0.2, -0.15) is 0 Å². The van der Waals surface area contributed by atoms with E-state index in [-0.39, 0.29) is 5.54 Å². The normalized spacial score (nSPS) is 21.4. The van der Waals surface area contributed by atoms with Crippen molar-refractivity contribution in [1.82, 2.24) is 4.90 Å². The molecule has 1 N–H and O–H groups in total. The number of carbonyl (C=O) groups is 1. The highest BCUT2D eigenvalue weighted by atomic mass is 16.4. The second kappa shape index (κ2) is 6.39. The van der Waals surface area contributed by atoms with Gasteiger partial charge in [0.1, 0.15) is 0 Å². The molecule has 3 heteroatoms. The maximum Gasteiger partial charge on any atom is 0.305 e. The molecule has 0 radical (unpaired) electrons. The van der Waals surface area contributed by atoms with Gasteiger partial charge in [-0.25, -0.2) is 0 Å². The molecule has 0 heterocycles. The molecule has 1 unspecified atom stereocenters. The third-order valence-electron chi connectivity index (χ3n) is 4.36. The first-order valence-corrected chi connectivity index (χ1v) is 6.93. The van der Waals surface area contributed by atoms with Crippen LogP contribution in [0.2, 0.25) is 0 Å². The molecule has 0 spiro atoms. The highest BCUT2D eigenvalue weighted by Gasteiger charge is 2.38. The summed E-state index contributed by atoms with van der Waals surface area (Å²) in [6.07, 6.45) is 7.18. The minimum atomic E-state index is -0.650. The molecule has 1 aliphatic rings. The third kappa shape index (κ3) is 3.98. The summed E-state index contributed by atoms with van der Waals surface area (Å²) in [7, 11) is 2.11. The summed E-state index contributed by atoms with van der Waals surface area (Å²) in [5.74, 6) is -0.00417. The number of carboxylic acids is 1. The summed E-state index contributed by atoms with van der Waals surface area (Å²) < 4.78 is 0. The van der Waals surface area contributed by atoms with E-state index in [0.29, 0.717) is 12.3 Å². The molecule has 17 heavy (non-hydrogen) atoms. The van der Waals surface area contributed by atoms with Gasteiger partial charge < -0.3 is 5.11 Å². The van der Waals surface area contributed by atoms with Crippen molar-refractivity contribution in [2.75, 3.05) is 13.6 Å². The molecule has 1 saturated carbocycles. The lowest BCUT2D eigenvalue weighted by atomic mass is 9.77. The molecule has 1 fully saturated rings. The fraction of sp³-hybridized carbons (Fsp3) is 0.929. The Balaban J connectivity index is 2.70. The molecule has 0 aromatic rings. The monoisotopic (exact) mass is 241 g/mol. The average Bonchev–Trinajstić information content (AvgIpc) is 2.29. The van der Waals surface area contributed by atoms with Gasteiger partial charge in [0, 0.05) is 12.1 Å². The van der Waals surface area contributed by atoms with Crippen molar-refractivity contribution in [2.45, 2.75) is 64.3 Å². The Kier molecular flexibility index (Phi) is 5.44. The van der Waals surface area contributed by atoms with Gasteiger partial charge in [0.15, 0.2) is 0 Å². The van der Waals surface area contributed by atoms with E-state index in [9.17, 15) is 4.79 Å².